The van der Waals surface area contributed by atoms with Crippen LogP contribution < -0.4 is 20.3 Å². The number of nitrogens with one attached hydrogen (secondary N) is 2. The van der Waals surface area contributed by atoms with Gasteiger partial charge in [-0.05, 0) is 49.8 Å². The van der Waals surface area contributed by atoms with Gasteiger partial charge in [0, 0.05) is 30.3 Å². The number of rotatable bonds is 16. The predicted octanol–water partition coefficient (Wildman–Crippen LogP) is 6.20. The maximum Gasteiger partial charge on any atom is 0.334 e. The maximum absolute atomic E-state index is 14.2. The molecule has 49 heavy (non-hydrogen) atoms. The predicted molar refractivity (Wildman–Crippen MR) is 191 cm³/mol. The highest BCUT2D eigenvalue weighted by molar-refractivity contribution is 7.98. The molecule has 0 aromatic heterocycles. The monoisotopic (exact) mass is 729 g/mol. The molecule has 14 heteroatoms. The summed E-state index contributed by atoms with van der Waals surface area (Å²) in [5, 5.41) is 15.2. The van der Waals surface area contributed by atoms with E-state index in [2.05, 4.69) is 22.5 Å². The molecular formula is C35H44N3O8PS2. The van der Waals surface area contributed by atoms with Crippen LogP contribution in [0.4, 0.5) is 11.4 Å². The third kappa shape index (κ3) is 9.40. The number of ether oxygens (including phenoxy) is 2. The van der Waals surface area contributed by atoms with E-state index in [0.29, 0.717) is 29.1 Å². The summed E-state index contributed by atoms with van der Waals surface area (Å²) in [6, 6.07) is 20.0. The van der Waals surface area contributed by atoms with Gasteiger partial charge in [0.2, 0.25) is 8.46 Å². The van der Waals surface area contributed by atoms with Gasteiger partial charge in [-0.1, -0.05) is 75.2 Å². The highest BCUT2D eigenvalue weighted by Gasteiger charge is 2.42. The van der Waals surface area contributed by atoms with Gasteiger partial charge in [-0.15, -0.1) is 11.8 Å². The first-order chi connectivity index (χ1) is 23.4. The van der Waals surface area contributed by atoms with Gasteiger partial charge in [-0.2, -0.15) is 0 Å². The van der Waals surface area contributed by atoms with Crippen LogP contribution in [-0.2, 0) is 28.7 Å². The normalized spacial score (nSPS) is 18.8. The van der Waals surface area contributed by atoms with Crippen molar-refractivity contribution in [3.05, 3.63) is 78.4 Å². The average Bonchev–Trinajstić information content (AvgIpc) is 3.20. The van der Waals surface area contributed by atoms with Crippen molar-refractivity contribution in [1.82, 2.24) is 10.6 Å². The number of fused-ring (bicyclic) bond motifs is 1. The molecule has 11 nitrogen and oxygen atoms in total. The second-order valence-electron chi connectivity index (χ2n) is 11.9. The van der Waals surface area contributed by atoms with Crippen LogP contribution in [0.5, 0.6) is 5.75 Å². The number of benzene rings is 3. The highest BCUT2D eigenvalue weighted by atomic mass is 32.2. The van der Waals surface area contributed by atoms with Crippen molar-refractivity contribution >= 4 is 53.2 Å². The van der Waals surface area contributed by atoms with Crippen LogP contribution in [0.2, 0.25) is 0 Å². The Labute approximate surface area is 294 Å². The molecule has 2 amide bonds. The van der Waals surface area contributed by atoms with Crippen molar-refractivity contribution in [2.45, 2.75) is 67.9 Å². The minimum atomic E-state index is -3.79. The number of hydrogen-bond donors (Lipinski definition) is 3. The van der Waals surface area contributed by atoms with E-state index in [1.807, 2.05) is 43.5 Å². The summed E-state index contributed by atoms with van der Waals surface area (Å²) in [7, 11) is -4.69. The number of amides is 2. The molecule has 3 aromatic carbocycles. The zero-order valence-corrected chi connectivity index (χ0v) is 30.7. The molecule has 0 spiro atoms. The lowest BCUT2D eigenvalue weighted by Crippen LogP contribution is -2.51. The topological polar surface area (TPSA) is 151 Å². The number of hydrogen-bond acceptors (Lipinski definition) is 10. The molecule has 264 valence electrons. The Bertz CT molecular complexity index is 1710. The molecule has 4 rings (SSSR count). The number of para-hydroxylation sites is 1. The second kappa shape index (κ2) is 17.0. The first-order valence-corrected chi connectivity index (χ1v) is 19.9. The van der Waals surface area contributed by atoms with Crippen LogP contribution in [0.3, 0.4) is 0 Å². The third-order valence-electron chi connectivity index (χ3n) is 8.55. The number of thioether (sulfide) groups is 1. The molecule has 0 radical (unpaired) electrons. The van der Waals surface area contributed by atoms with E-state index in [4.69, 9.17) is 9.47 Å². The molecule has 0 bridgehead atoms. The minimum Gasteiger partial charge on any atom is -0.483 e. The van der Waals surface area contributed by atoms with E-state index in [9.17, 15) is 27.7 Å². The van der Waals surface area contributed by atoms with Crippen molar-refractivity contribution < 1.29 is 37.2 Å². The van der Waals surface area contributed by atoms with Crippen LogP contribution in [0.15, 0.2) is 82.6 Å². The van der Waals surface area contributed by atoms with Crippen molar-refractivity contribution in [1.29, 1.82) is 0 Å². The Morgan fingerprint density at radius 2 is 1.76 bits per heavy atom. The van der Waals surface area contributed by atoms with Crippen LogP contribution in [-0.4, -0.2) is 62.8 Å². The van der Waals surface area contributed by atoms with Crippen LogP contribution >= 0.6 is 20.2 Å². The second-order valence-corrected chi connectivity index (χ2v) is 15.5. The van der Waals surface area contributed by atoms with Crippen molar-refractivity contribution in [3.63, 3.8) is 0 Å². The summed E-state index contributed by atoms with van der Waals surface area (Å²) in [5.41, 5.74) is -1.14. The minimum absolute atomic E-state index is 0.0177. The van der Waals surface area contributed by atoms with E-state index in [0.717, 1.165) is 24.9 Å². The lowest BCUT2D eigenvalue weighted by atomic mass is 9.81. The number of sulfone groups is 1. The Balaban J connectivity index is 1.66. The van der Waals surface area contributed by atoms with Gasteiger partial charge in [-0.25, -0.2) is 8.42 Å². The largest absolute Gasteiger partial charge is 0.483 e. The Morgan fingerprint density at radius 3 is 2.35 bits per heavy atom. The highest BCUT2D eigenvalue weighted by Crippen LogP contribution is 2.47. The van der Waals surface area contributed by atoms with Crippen molar-refractivity contribution in [2.75, 3.05) is 36.7 Å². The number of unbranched alkanes of at least 4 members (excludes halogenated alkanes) is 1. The van der Waals surface area contributed by atoms with Gasteiger partial charge in [0.15, 0.2) is 16.4 Å². The summed E-state index contributed by atoms with van der Waals surface area (Å²) >= 11 is 1.36. The molecular weight excluding hydrogens is 686 g/mol. The van der Waals surface area contributed by atoms with Crippen LogP contribution in [0.1, 0.15) is 58.1 Å². The Hall–Kier alpha value is -3.48. The molecule has 2 unspecified atom stereocenters. The number of nitrogens with zero attached hydrogens (tertiary/aromatic N) is 1. The first-order valence-electron chi connectivity index (χ1n) is 16.2. The first kappa shape index (κ1) is 38.3. The Kier molecular flexibility index (Phi) is 13.3. The maximum atomic E-state index is 14.2. The Morgan fingerprint density at radius 1 is 1.08 bits per heavy atom. The van der Waals surface area contributed by atoms with Gasteiger partial charge < -0.3 is 24.8 Å². The zero-order valence-electron chi connectivity index (χ0n) is 28.2. The van der Waals surface area contributed by atoms with E-state index < -0.39 is 53.8 Å². The van der Waals surface area contributed by atoms with Gasteiger partial charge in [0.1, 0.15) is 11.8 Å². The summed E-state index contributed by atoms with van der Waals surface area (Å²) in [5.74, 6) is -1.37. The molecule has 0 fully saturated rings. The van der Waals surface area contributed by atoms with E-state index in [1.165, 1.54) is 17.8 Å². The molecule has 1 aliphatic rings. The third-order valence-corrected chi connectivity index (χ3v) is 11.8. The molecule has 0 aliphatic carbocycles. The molecule has 1 aliphatic heterocycles. The van der Waals surface area contributed by atoms with E-state index in [-0.39, 0.29) is 23.0 Å². The van der Waals surface area contributed by atoms with Gasteiger partial charge in [0.25, 0.3) is 11.8 Å². The molecule has 1 heterocycles. The molecule has 3 aromatic rings. The lowest BCUT2D eigenvalue weighted by Gasteiger charge is -2.36. The number of carbonyl (C=O) groups is 2. The number of carbonyl (C=O) groups excluding carboxylic acids is 2. The molecule has 0 saturated heterocycles. The lowest BCUT2D eigenvalue weighted by molar-refractivity contribution is -0.167. The average molecular weight is 730 g/mol. The van der Waals surface area contributed by atoms with Gasteiger partial charge in [-0.3, -0.25) is 19.5 Å². The fraction of sp³-hybridized carbons (Fsp3) is 0.429. The van der Waals surface area contributed by atoms with Gasteiger partial charge >= 0.3 is 5.65 Å². The number of aliphatic hydroxyl groups is 1. The zero-order chi connectivity index (χ0) is 35.7. The van der Waals surface area contributed by atoms with Crippen LogP contribution in [0, 0.1) is 5.41 Å². The summed E-state index contributed by atoms with van der Waals surface area (Å²) < 4.78 is 51.0. The summed E-state index contributed by atoms with van der Waals surface area (Å²) in [4.78, 5) is 29.4. The van der Waals surface area contributed by atoms with Crippen molar-refractivity contribution in [3.8, 4) is 5.75 Å². The SMILES string of the molecule is CCCCC1(CC)CN(c2ccccc2)c2cc(SC)c(OCC(=O)N[C@@H](C(=O)NC(O)(OCC)P=O)c3ccccc3)cc2S(=O)(=O)C1. The quantitative estimate of drug-likeness (QED) is 0.0883. The smallest absolute Gasteiger partial charge is 0.334 e. The van der Waals surface area contributed by atoms with Gasteiger partial charge in [0.05, 0.1) is 21.2 Å². The molecule has 3 atom stereocenters. The van der Waals surface area contributed by atoms with E-state index in [1.54, 1.807) is 43.3 Å². The fourth-order valence-electron chi connectivity index (χ4n) is 5.95. The molecule has 3 N–H and O–H groups in total. The standard InChI is InChI=1S/C35H44N3O8PS2/c1-5-8-19-34(6-2)23-38(26-17-13-10-14-18-26)27-20-29(48-4)28(21-30(27)49(43,44)24-34)45-22-31(39)36-32(25-15-11-9-12-16-25)33(40)37-35(41,47-42)46-7-3/h9-18,20-21,32,41H,5-8,19,22-24H2,1-4H3,(H,36,39)(H,37,40)/t32-,34?,35?/m1/s1. The summed E-state index contributed by atoms with van der Waals surface area (Å²) in [6.07, 6.45) is 5.16. The number of anilines is 2. The van der Waals surface area contributed by atoms with Crippen LogP contribution in [0.25, 0.3) is 0 Å². The fourth-order valence-corrected chi connectivity index (χ4v) is 9.01. The summed E-state index contributed by atoms with van der Waals surface area (Å²) in [6.45, 7) is 5.64. The van der Waals surface area contributed by atoms with E-state index >= 15 is 0 Å². The molecule has 0 saturated carbocycles. The van der Waals surface area contributed by atoms with Crippen molar-refractivity contribution in [2.24, 2.45) is 5.41 Å².